The van der Waals surface area contributed by atoms with Crippen molar-refractivity contribution in [3.63, 3.8) is 0 Å². The summed E-state index contributed by atoms with van der Waals surface area (Å²) in [5.74, 6) is 0.415. The van der Waals surface area contributed by atoms with Crippen molar-refractivity contribution in [3.8, 4) is 5.69 Å². The number of nitrogens with two attached hydrogens (primary N) is 1. The van der Waals surface area contributed by atoms with Crippen molar-refractivity contribution in [2.45, 2.75) is 38.5 Å². The molecule has 2 aromatic rings. The normalized spacial score (nSPS) is 16.1. The topological polar surface area (TPSA) is 63.8 Å². The lowest BCUT2D eigenvalue weighted by molar-refractivity contribution is 0.677. The van der Waals surface area contributed by atoms with E-state index in [-0.39, 0.29) is 5.56 Å². The van der Waals surface area contributed by atoms with Crippen molar-refractivity contribution < 1.29 is 0 Å². The first-order valence-corrected chi connectivity index (χ1v) is 6.85. The molecule has 4 nitrogen and oxygen atoms in total. The smallest absolute Gasteiger partial charge is 0.294 e. The molecular weight excluding hydrogens is 238 g/mol. The fourth-order valence-electron chi connectivity index (χ4n) is 2.98. The first-order valence-electron chi connectivity index (χ1n) is 6.85. The van der Waals surface area contributed by atoms with E-state index in [9.17, 15) is 4.79 Å². The molecule has 0 radical (unpaired) electrons. The number of aryl methyl sites for hydroxylation is 1. The highest BCUT2D eigenvalue weighted by molar-refractivity contribution is 5.48. The summed E-state index contributed by atoms with van der Waals surface area (Å²) in [5.41, 5.74) is 9.12. The van der Waals surface area contributed by atoms with Crippen LogP contribution in [-0.2, 0) is 0 Å². The van der Waals surface area contributed by atoms with Crippen LogP contribution in [0.3, 0.4) is 0 Å². The van der Waals surface area contributed by atoms with Crippen LogP contribution in [0.4, 0.5) is 5.69 Å². The second kappa shape index (κ2) is 4.61. The zero-order valence-corrected chi connectivity index (χ0v) is 11.1. The van der Waals surface area contributed by atoms with Crippen molar-refractivity contribution in [3.05, 3.63) is 45.9 Å². The Morgan fingerprint density at radius 2 is 1.95 bits per heavy atom. The molecule has 0 unspecified atom stereocenters. The summed E-state index contributed by atoms with van der Waals surface area (Å²) >= 11 is 0. The maximum atomic E-state index is 12.3. The number of anilines is 1. The van der Waals surface area contributed by atoms with Gasteiger partial charge in [-0.3, -0.25) is 9.89 Å². The summed E-state index contributed by atoms with van der Waals surface area (Å²) < 4.78 is 1.58. The molecule has 0 atom stereocenters. The van der Waals surface area contributed by atoms with Crippen molar-refractivity contribution >= 4 is 5.69 Å². The van der Waals surface area contributed by atoms with Crippen LogP contribution in [0.2, 0.25) is 0 Å². The van der Waals surface area contributed by atoms with Gasteiger partial charge in [0.1, 0.15) is 5.69 Å². The number of nitrogen functional groups attached to an aromatic ring is 1. The van der Waals surface area contributed by atoms with E-state index in [0.29, 0.717) is 11.6 Å². The van der Waals surface area contributed by atoms with Crippen molar-refractivity contribution in [2.75, 3.05) is 5.73 Å². The van der Waals surface area contributed by atoms with E-state index in [1.807, 2.05) is 31.2 Å². The molecule has 1 aliphatic rings. The minimum absolute atomic E-state index is 0.129. The third-order valence-electron chi connectivity index (χ3n) is 4.08. The molecule has 1 aromatic carbocycles. The first kappa shape index (κ1) is 12.1. The van der Waals surface area contributed by atoms with E-state index in [1.54, 1.807) is 4.68 Å². The van der Waals surface area contributed by atoms with E-state index in [0.717, 1.165) is 29.8 Å². The Kier molecular flexibility index (Phi) is 2.93. The Labute approximate surface area is 112 Å². The third kappa shape index (κ3) is 1.97. The predicted octanol–water partition coefficient (Wildman–Crippen LogP) is 2.71. The van der Waals surface area contributed by atoms with Crippen LogP contribution in [0.1, 0.15) is 42.9 Å². The number of nitrogens with zero attached hydrogens (tertiary/aromatic N) is 1. The zero-order chi connectivity index (χ0) is 13.4. The van der Waals surface area contributed by atoms with Crippen LogP contribution in [-0.4, -0.2) is 9.78 Å². The fraction of sp³-hybridized carbons (Fsp3) is 0.400. The molecule has 0 aliphatic heterocycles. The maximum Gasteiger partial charge on any atom is 0.294 e. The number of rotatable bonds is 2. The highest BCUT2D eigenvalue weighted by atomic mass is 16.1. The molecule has 1 heterocycles. The third-order valence-corrected chi connectivity index (χ3v) is 4.08. The molecular formula is C15H19N3O. The SMILES string of the molecule is Cc1ccccc1-n1[nH]c(C2CCCC2)c(N)c1=O. The summed E-state index contributed by atoms with van der Waals surface area (Å²) in [6.07, 6.45) is 4.69. The molecule has 0 spiro atoms. The molecule has 0 amide bonds. The van der Waals surface area contributed by atoms with Gasteiger partial charge in [-0.25, -0.2) is 4.68 Å². The van der Waals surface area contributed by atoms with E-state index >= 15 is 0 Å². The summed E-state index contributed by atoms with van der Waals surface area (Å²) in [7, 11) is 0. The number of nitrogens with one attached hydrogen (secondary N) is 1. The fourth-order valence-corrected chi connectivity index (χ4v) is 2.98. The number of benzene rings is 1. The summed E-state index contributed by atoms with van der Waals surface area (Å²) in [6, 6.07) is 7.83. The second-order valence-electron chi connectivity index (χ2n) is 5.35. The quantitative estimate of drug-likeness (QED) is 0.868. The number of aromatic amines is 1. The van der Waals surface area contributed by atoms with Gasteiger partial charge < -0.3 is 5.73 Å². The minimum Gasteiger partial charge on any atom is -0.393 e. The van der Waals surface area contributed by atoms with Gasteiger partial charge in [-0.1, -0.05) is 31.0 Å². The van der Waals surface area contributed by atoms with Gasteiger partial charge in [-0.15, -0.1) is 0 Å². The lowest BCUT2D eigenvalue weighted by Crippen LogP contribution is -2.17. The van der Waals surface area contributed by atoms with Crippen LogP contribution in [0.25, 0.3) is 5.69 Å². The Balaban J connectivity index is 2.11. The molecule has 100 valence electrons. The van der Waals surface area contributed by atoms with Crippen LogP contribution in [0, 0.1) is 6.92 Å². The van der Waals surface area contributed by atoms with Crippen LogP contribution in [0.15, 0.2) is 29.1 Å². The van der Waals surface area contributed by atoms with Gasteiger partial charge in [0.05, 0.1) is 11.4 Å². The molecule has 4 heteroatoms. The van der Waals surface area contributed by atoms with Gasteiger partial charge in [0.2, 0.25) is 0 Å². The second-order valence-corrected chi connectivity index (χ2v) is 5.35. The Bertz CT molecular complexity index is 648. The Hall–Kier alpha value is -1.97. The largest absolute Gasteiger partial charge is 0.393 e. The minimum atomic E-state index is -0.129. The standard InChI is InChI=1S/C15H19N3O/c1-10-6-2-5-9-12(10)18-15(19)13(16)14(17-18)11-7-3-4-8-11/h2,5-6,9,11,17H,3-4,7-8,16H2,1H3. The highest BCUT2D eigenvalue weighted by Crippen LogP contribution is 2.35. The van der Waals surface area contributed by atoms with Gasteiger partial charge >= 0.3 is 0 Å². The summed E-state index contributed by atoms with van der Waals surface area (Å²) in [4.78, 5) is 12.3. The van der Waals surface area contributed by atoms with Crippen LogP contribution < -0.4 is 11.3 Å². The number of hydrogen-bond donors (Lipinski definition) is 2. The van der Waals surface area contributed by atoms with E-state index in [4.69, 9.17) is 5.73 Å². The first-order chi connectivity index (χ1) is 9.18. The van der Waals surface area contributed by atoms with Crippen LogP contribution >= 0.6 is 0 Å². The molecule has 0 saturated heterocycles. The van der Waals surface area contributed by atoms with Crippen molar-refractivity contribution in [2.24, 2.45) is 0 Å². The van der Waals surface area contributed by atoms with E-state index in [1.165, 1.54) is 12.8 Å². The van der Waals surface area contributed by atoms with E-state index in [2.05, 4.69) is 5.10 Å². The highest BCUT2D eigenvalue weighted by Gasteiger charge is 2.24. The summed E-state index contributed by atoms with van der Waals surface area (Å²) in [6.45, 7) is 1.99. The number of hydrogen-bond acceptors (Lipinski definition) is 2. The maximum absolute atomic E-state index is 12.3. The van der Waals surface area contributed by atoms with Gasteiger partial charge in [0.25, 0.3) is 5.56 Å². The van der Waals surface area contributed by atoms with E-state index < -0.39 is 0 Å². The zero-order valence-electron chi connectivity index (χ0n) is 11.1. The molecule has 1 aromatic heterocycles. The molecule has 3 N–H and O–H groups in total. The van der Waals surface area contributed by atoms with Gasteiger partial charge in [-0.2, -0.15) is 0 Å². The average Bonchev–Trinajstić information content (AvgIpc) is 3.02. The number of para-hydroxylation sites is 1. The van der Waals surface area contributed by atoms with Gasteiger partial charge in [0.15, 0.2) is 0 Å². The number of aromatic nitrogens is 2. The molecule has 1 saturated carbocycles. The lowest BCUT2D eigenvalue weighted by Gasteiger charge is -2.08. The monoisotopic (exact) mass is 257 g/mol. The van der Waals surface area contributed by atoms with Crippen LogP contribution in [0.5, 0.6) is 0 Å². The van der Waals surface area contributed by atoms with Crippen molar-refractivity contribution in [1.82, 2.24) is 9.78 Å². The molecule has 0 bridgehead atoms. The Morgan fingerprint density at radius 3 is 2.63 bits per heavy atom. The molecule has 1 aliphatic carbocycles. The van der Waals surface area contributed by atoms with Crippen molar-refractivity contribution in [1.29, 1.82) is 0 Å². The number of H-pyrrole nitrogens is 1. The molecule has 3 rings (SSSR count). The lowest BCUT2D eigenvalue weighted by atomic mass is 10.0. The Morgan fingerprint density at radius 1 is 1.26 bits per heavy atom. The predicted molar refractivity (Wildman–Crippen MR) is 76.7 cm³/mol. The molecule has 1 fully saturated rings. The van der Waals surface area contributed by atoms with Gasteiger partial charge in [-0.05, 0) is 31.4 Å². The molecule has 19 heavy (non-hydrogen) atoms. The summed E-state index contributed by atoms with van der Waals surface area (Å²) in [5, 5.41) is 3.23. The average molecular weight is 257 g/mol. The van der Waals surface area contributed by atoms with Gasteiger partial charge in [0, 0.05) is 5.92 Å².